The number of fused-ring (bicyclic) bond motifs is 1. The number of hydrogen-bond acceptors (Lipinski definition) is 8. The minimum absolute atomic E-state index is 0.0529. The van der Waals surface area contributed by atoms with Gasteiger partial charge in [-0.05, 0) is 43.2 Å². The number of pyridine rings is 2. The van der Waals surface area contributed by atoms with E-state index in [2.05, 4.69) is 30.8 Å². The summed E-state index contributed by atoms with van der Waals surface area (Å²) in [7, 11) is 0. The number of carbonyl (C=O) groups excluding carboxylic acids is 1. The van der Waals surface area contributed by atoms with Crippen LogP contribution in [0.4, 0.5) is 33.3 Å². The maximum atomic E-state index is 13.2. The van der Waals surface area contributed by atoms with E-state index in [1.54, 1.807) is 19.2 Å². The van der Waals surface area contributed by atoms with Gasteiger partial charge in [-0.2, -0.15) is 23.1 Å². The molecule has 11 nitrogen and oxygen atoms in total. The normalized spacial score (nSPS) is 17.8. The van der Waals surface area contributed by atoms with Crippen LogP contribution in [0, 0.1) is 12.3 Å². The van der Waals surface area contributed by atoms with E-state index in [-0.39, 0.29) is 35.2 Å². The number of alkyl halides is 5. The van der Waals surface area contributed by atoms with E-state index >= 15 is 0 Å². The molecule has 4 aromatic heterocycles. The monoisotopic (exact) mass is 563 g/mol. The molecule has 0 bridgehead atoms. The summed E-state index contributed by atoms with van der Waals surface area (Å²) in [6.07, 6.45) is -2.72. The zero-order valence-electron chi connectivity index (χ0n) is 20.9. The second-order valence-electron chi connectivity index (χ2n) is 10.5. The molecule has 210 valence electrons. The van der Waals surface area contributed by atoms with Gasteiger partial charge >= 0.3 is 6.18 Å². The molecule has 1 spiro atoms. The van der Waals surface area contributed by atoms with Gasteiger partial charge in [-0.15, -0.1) is 10.2 Å². The first kappa shape index (κ1) is 26.0. The Labute approximate surface area is 222 Å². The molecule has 2 aliphatic rings. The zero-order valence-corrected chi connectivity index (χ0v) is 20.9. The SMILES string of the molecule is Cc1ncc(-c2nnn(CC(F)(F)F)n2)cc1NC(=O)c1cnn2ccc(N3CC4(C3)CC(O)(C(F)F)C4)cc12. The summed E-state index contributed by atoms with van der Waals surface area (Å²) < 4.78 is 65.5. The maximum Gasteiger partial charge on any atom is 0.409 e. The van der Waals surface area contributed by atoms with Gasteiger partial charge in [-0.25, -0.2) is 13.3 Å². The average molecular weight is 563 g/mol. The molecule has 0 unspecified atom stereocenters. The van der Waals surface area contributed by atoms with E-state index in [1.165, 1.54) is 23.0 Å². The van der Waals surface area contributed by atoms with Gasteiger partial charge in [-0.1, -0.05) is 0 Å². The lowest BCUT2D eigenvalue weighted by Gasteiger charge is -2.62. The third-order valence-corrected chi connectivity index (χ3v) is 7.30. The number of tetrazole rings is 1. The predicted molar refractivity (Wildman–Crippen MR) is 130 cm³/mol. The summed E-state index contributed by atoms with van der Waals surface area (Å²) in [4.78, 5) is 19.8. The Morgan fingerprint density at radius 3 is 2.65 bits per heavy atom. The number of hydrogen-bond donors (Lipinski definition) is 2. The lowest BCUT2D eigenvalue weighted by atomic mass is 9.55. The van der Waals surface area contributed by atoms with Crippen LogP contribution < -0.4 is 10.2 Å². The van der Waals surface area contributed by atoms with Crippen molar-refractivity contribution in [3.63, 3.8) is 0 Å². The Hall–Kier alpha value is -4.21. The third-order valence-electron chi connectivity index (χ3n) is 7.30. The molecule has 4 aromatic rings. The predicted octanol–water partition coefficient (Wildman–Crippen LogP) is 3.10. The largest absolute Gasteiger partial charge is 0.409 e. The highest BCUT2D eigenvalue weighted by atomic mass is 19.4. The first-order valence-corrected chi connectivity index (χ1v) is 12.2. The Morgan fingerprint density at radius 2 is 1.95 bits per heavy atom. The van der Waals surface area contributed by atoms with Gasteiger partial charge in [0.2, 0.25) is 5.82 Å². The molecule has 40 heavy (non-hydrogen) atoms. The molecular formula is C24H22F5N9O2. The molecule has 6 rings (SSSR count). The molecule has 0 atom stereocenters. The van der Waals surface area contributed by atoms with Crippen molar-refractivity contribution in [2.45, 2.75) is 44.5 Å². The van der Waals surface area contributed by atoms with E-state index in [4.69, 9.17) is 0 Å². The van der Waals surface area contributed by atoms with Crippen molar-refractivity contribution < 1.29 is 31.9 Å². The molecule has 5 heterocycles. The van der Waals surface area contributed by atoms with Crippen molar-refractivity contribution in [1.29, 1.82) is 0 Å². The highest BCUT2D eigenvalue weighted by molar-refractivity contribution is 6.09. The lowest BCUT2D eigenvalue weighted by molar-refractivity contribution is -0.209. The standard InChI is InChI=1S/C24H22F5N9O2/c1-13-17(4-14(6-30-13)19-33-35-38(34-19)12-24(27,28)29)32-20(39)16-7-31-37-3-2-15(5-18(16)37)36-10-22(11-36)8-23(40,9-22)21(25)26/h2-7,21,40H,8-12H2,1H3,(H,32,39). The Morgan fingerprint density at radius 1 is 1.20 bits per heavy atom. The zero-order chi connectivity index (χ0) is 28.4. The second kappa shape index (κ2) is 8.90. The number of rotatable bonds is 6. The van der Waals surface area contributed by atoms with E-state index in [1.807, 2.05) is 11.0 Å². The van der Waals surface area contributed by atoms with Crippen LogP contribution in [-0.4, -0.2) is 77.1 Å². The van der Waals surface area contributed by atoms with E-state index in [0.29, 0.717) is 34.8 Å². The van der Waals surface area contributed by atoms with Crippen molar-refractivity contribution >= 4 is 22.8 Å². The first-order chi connectivity index (χ1) is 18.8. The Kier molecular flexibility index (Phi) is 5.80. The number of amides is 1. The molecule has 1 amide bonds. The average Bonchev–Trinajstić information content (AvgIpc) is 3.47. The molecule has 0 aromatic carbocycles. The minimum atomic E-state index is -4.51. The second-order valence-corrected chi connectivity index (χ2v) is 10.5. The van der Waals surface area contributed by atoms with E-state index in [0.717, 1.165) is 5.69 Å². The Bertz CT molecular complexity index is 1600. The van der Waals surface area contributed by atoms with Gasteiger partial charge in [0.05, 0.1) is 28.7 Å². The van der Waals surface area contributed by atoms with Crippen LogP contribution in [0.3, 0.4) is 0 Å². The van der Waals surface area contributed by atoms with Gasteiger partial charge < -0.3 is 15.3 Å². The fourth-order valence-electron chi connectivity index (χ4n) is 5.47. The van der Waals surface area contributed by atoms with Crippen molar-refractivity contribution in [2.75, 3.05) is 23.3 Å². The van der Waals surface area contributed by atoms with E-state index < -0.39 is 30.7 Å². The van der Waals surface area contributed by atoms with Crippen molar-refractivity contribution in [3.05, 3.63) is 48.0 Å². The van der Waals surface area contributed by atoms with Crippen LogP contribution in [0.2, 0.25) is 0 Å². The summed E-state index contributed by atoms with van der Waals surface area (Å²) in [6.45, 7) is 1.30. The molecule has 1 aliphatic carbocycles. The third kappa shape index (κ3) is 4.61. The van der Waals surface area contributed by atoms with Crippen LogP contribution in [0.15, 0.2) is 36.8 Å². The molecular weight excluding hydrogens is 541 g/mol. The van der Waals surface area contributed by atoms with Crippen LogP contribution in [0.25, 0.3) is 16.9 Å². The topological polar surface area (TPSA) is 126 Å². The number of aliphatic hydroxyl groups is 1. The van der Waals surface area contributed by atoms with Gasteiger partial charge in [0.1, 0.15) is 5.60 Å². The minimum Gasteiger partial charge on any atom is -0.384 e. The number of aromatic nitrogens is 7. The van der Waals surface area contributed by atoms with Crippen LogP contribution in [-0.2, 0) is 6.54 Å². The molecule has 1 saturated heterocycles. The molecule has 2 N–H and O–H groups in total. The van der Waals surface area contributed by atoms with Gasteiger partial charge in [-0.3, -0.25) is 9.78 Å². The number of nitrogens with one attached hydrogen (secondary N) is 1. The maximum absolute atomic E-state index is 13.2. The fourth-order valence-corrected chi connectivity index (χ4v) is 5.47. The molecule has 1 saturated carbocycles. The summed E-state index contributed by atoms with van der Waals surface area (Å²) in [5.74, 6) is -0.581. The number of carbonyl (C=O) groups is 1. The summed E-state index contributed by atoms with van der Waals surface area (Å²) in [5.41, 5.74) is 0.316. The van der Waals surface area contributed by atoms with Gasteiger partial charge in [0.15, 0.2) is 6.54 Å². The van der Waals surface area contributed by atoms with Crippen LogP contribution >= 0.6 is 0 Å². The van der Waals surface area contributed by atoms with Crippen molar-refractivity contribution in [2.24, 2.45) is 5.41 Å². The highest BCUT2D eigenvalue weighted by Crippen LogP contribution is 2.56. The number of halogens is 5. The fraction of sp³-hybridized carbons (Fsp3) is 0.417. The summed E-state index contributed by atoms with van der Waals surface area (Å²) >= 11 is 0. The molecule has 0 radical (unpaired) electrons. The summed E-state index contributed by atoms with van der Waals surface area (Å²) in [6, 6.07) is 5.07. The molecule has 2 fully saturated rings. The first-order valence-electron chi connectivity index (χ1n) is 12.2. The lowest BCUT2D eigenvalue weighted by Crippen LogP contribution is -2.70. The highest BCUT2D eigenvalue weighted by Gasteiger charge is 2.63. The molecule has 16 heteroatoms. The quantitative estimate of drug-likeness (QED) is 0.343. The van der Waals surface area contributed by atoms with Crippen LogP contribution in [0.5, 0.6) is 0 Å². The summed E-state index contributed by atoms with van der Waals surface area (Å²) in [5, 5.41) is 27.7. The van der Waals surface area contributed by atoms with Gasteiger partial charge in [0, 0.05) is 42.1 Å². The van der Waals surface area contributed by atoms with Gasteiger partial charge in [0.25, 0.3) is 12.3 Å². The smallest absolute Gasteiger partial charge is 0.384 e. The molecule has 1 aliphatic heterocycles. The Balaban J connectivity index is 1.18. The number of anilines is 2. The van der Waals surface area contributed by atoms with E-state index in [9.17, 15) is 31.9 Å². The number of aryl methyl sites for hydroxylation is 1. The number of nitrogens with zero attached hydrogens (tertiary/aromatic N) is 8. The van der Waals surface area contributed by atoms with Crippen molar-refractivity contribution in [1.82, 2.24) is 34.8 Å². The van der Waals surface area contributed by atoms with Crippen LogP contribution in [0.1, 0.15) is 28.9 Å². The van der Waals surface area contributed by atoms with Crippen molar-refractivity contribution in [3.8, 4) is 11.4 Å².